The molecule has 0 spiro atoms. The molecule has 0 aliphatic rings. The Morgan fingerprint density at radius 2 is 1.11 bits per heavy atom. The van der Waals surface area contributed by atoms with E-state index in [0.29, 0.717) is 11.3 Å². The second-order valence-electron chi connectivity index (χ2n) is 5.83. The first kappa shape index (κ1) is 18.3. The van der Waals surface area contributed by atoms with Crippen LogP contribution in [-0.2, 0) is 10.0 Å². The smallest absolute Gasteiger partial charge is 0.229 e. The summed E-state index contributed by atoms with van der Waals surface area (Å²) >= 11 is 0. The van der Waals surface area contributed by atoms with E-state index in [0.717, 1.165) is 22.9 Å². The van der Waals surface area contributed by atoms with E-state index in [2.05, 4.69) is 28.4 Å². The number of sulfonamides is 1. The number of anilines is 1. The highest BCUT2D eigenvalue weighted by Crippen LogP contribution is 2.15. The summed E-state index contributed by atoms with van der Waals surface area (Å²) in [4.78, 5) is 0. The Kier molecular flexibility index (Phi) is 5.61. The molecule has 0 saturated carbocycles. The molecule has 0 aliphatic heterocycles. The molecule has 3 aromatic carbocycles. The topological polar surface area (TPSA) is 46.2 Å². The van der Waals surface area contributed by atoms with E-state index in [9.17, 15) is 8.42 Å². The maximum Gasteiger partial charge on any atom is 0.229 e. The third-order valence-electron chi connectivity index (χ3n) is 3.60. The molecule has 1 N–H and O–H groups in total. The monoisotopic (exact) mass is 371 g/mol. The number of rotatable bonds is 2. The minimum Gasteiger partial charge on any atom is -0.283 e. The van der Waals surface area contributed by atoms with Crippen molar-refractivity contribution in [3.8, 4) is 23.7 Å². The van der Waals surface area contributed by atoms with Gasteiger partial charge in [-0.1, -0.05) is 66.1 Å². The van der Waals surface area contributed by atoms with Crippen LogP contribution in [0.2, 0.25) is 0 Å². The molecule has 0 radical (unpaired) electrons. The summed E-state index contributed by atoms with van der Waals surface area (Å²) < 4.78 is 25.5. The highest BCUT2D eigenvalue weighted by Gasteiger charge is 2.05. The van der Waals surface area contributed by atoms with E-state index in [1.54, 1.807) is 18.2 Å². The first-order valence-corrected chi connectivity index (χ1v) is 10.2. The Bertz CT molecular complexity index is 1180. The quantitative estimate of drug-likeness (QED) is 0.696. The van der Waals surface area contributed by atoms with Crippen molar-refractivity contribution in [3.63, 3.8) is 0 Å². The van der Waals surface area contributed by atoms with Gasteiger partial charge in [0.15, 0.2) is 0 Å². The minimum atomic E-state index is -3.37. The van der Waals surface area contributed by atoms with Crippen molar-refractivity contribution in [3.05, 3.63) is 101 Å². The van der Waals surface area contributed by atoms with Crippen LogP contribution in [0.3, 0.4) is 0 Å². The van der Waals surface area contributed by atoms with E-state index in [1.165, 1.54) is 0 Å². The maximum absolute atomic E-state index is 11.5. The zero-order valence-corrected chi connectivity index (χ0v) is 15.5. The van der Waals surface area contributed by atoms with E-state index < -0.39 is 10.0 Å². The zero-order chi connectivity index (χ0) is 19.1. The molecule has 0 aromatic heterocycles. The van der Waals surface area contributed by atoms with Crippen molar-refractivity contribution in [1.82, 2.24) is 0 Å². The van der Waals surface area contributed by atoms with Gasteiger partial charge < -0.3 is 0 Å². The number of benzene rings is 3. The first-order valence-electron chi connectivity index (χ1n) is 8.26. The lowest BCUT2D eigenvalue weighted by Gasteiger charge is -2.05. The average molecular weight is 371 g/mol. The van der Waals surface area contributed by atoms with Crippen molar-refractivity contribution < 1.29 is 8.42 Å². The maximum atomic E-state index is 11.5. The van der Waals surface area contributed by atoms with E-state index in [4.69, 9.17) is 0 Å². The minimum absolute atomic E-state index is 0.459. The highest BCUT2D eigenvalue weighted by molar-refractivity contribution is 7.92. The van der Waals surface area contributed by atoms with E-state index in [-0.39, 0.29) is 0 Å². The second-order valence-corrected chi connectivity index (χ2v) is 7.58. The fraction of sp³-hybridized carbons (Fsp3) is 0.0435. The van der Waals surface area contributed by atoms with Crippen molar-refractivity contribution in [2.75, 3.05) is 11.0 Å². The molecule has 0 unspecified atom stereocenters. The van der Waals surface area contributed by atoms with E-state index >= 15 is 0 Å². The van der Waals surface area contributed by atoms with Crippen LogP contribution in [0.1, 0.15) is 22.3 Å². The lowest BCUT2D eigenvalue weighted by molar-refractivity contribution is 0.607. The molecule has 27 heavy (non-hydrogen) atoms. The fourth-order valence-corrected chi connectivity index (χ4v) is 2.96. The van der Waals surface area contributed by atoms with Gasteiger partial charge in [-0.15, -0.1) is 0 Å². The summed E-state index contributed by atoms with van der Waals surface area (Å²) in [5.74, 6) is 12.4. The van der Waals surface area contributed by atoms with Crippen molar-refractivity contribution in [2.45, 2.75) is 0 Å². The van der Waals surface area contributed by atoms with Crippen LogP contribution in [0.15, 0.2) is 78.9 Å². The van der Waals surface area contributed by atoms with Crippen LogP contribution in [0.5, 0.6) is 0 Å². The summed E-state index contributed by atoms with van der Waals surface area (Å²) in [7, 11) is -3.37. The molecule has 132 valence electrons. The molecular formula is C23H17NO2S. The fourth-order valence-electron chi connectivity index (χ4n) is 2.38. The summed E-state index contributed by atoms with van der Waals surface area (Å²) in [5, 5.41) is 0. The highest BCUT2D eigenvalue weighted by atomic mass is 32.2. The van der Waals surface area contributed by atoms with Crippen molar-refractivity contribution in [1.29, 1.82) is 0 Å². The van der Waals surface area contributed by atoms with Crippen LogP contribution in [0, 0.1) is 23.7 Å². The molecule has 4 heteroatoms. The molecule has 0 aliphatic carbocycles. The molecule has 0 bridgehead atoms. The third kappa shape index (κ3) is 5.51. The van der Waals surface area contributed by atoms with Crippen LogP contribution >= 0.6 is 0 Å². The summed E-state index contributed by atoms with van der Waals surface area (Å²) in [6, 6.07) is 24.4. The molecule has 0 amide bonds. The summed E-state index contributed by atoms with van der Waals surface area (Å²) in [6.07, 6.45) is 1.12. The molecule has 0 saturated heterocycles. The van der Waals surface area contributed by atoms with Gasteiger partial charge >= 0.3 is 0 Å². The van der Waals surface area contributed by atoms with Gasteiger partial charge in [0, 0.05) is 22.3 Å². The van der Waals surface area contributed by atoms with Gasteiger partial charge in [0.1, 0.15) is 0 Å². The SMILES string of the molecule is CS(=O)(=O)Nc1ccccc1C#Cc1ccccc1C#Cc1ccccc1. The van der Waals surface area contributed by atoms with Gasteiger partial charge in [-0.2, -0.15) is 0 Å². The summed E-state index contributed by atoms with van der Waals surface area (Å²) in [5.41, 5.74) is 3.61. The number of para-hydroxylation sites is 1. The van der Waals surface area contributed by atoms with Crippen molar-refractivity contribution in [2.24, 2.45) is 0 Å². The predicted octanol–water partition coefficient (Wildman–Crippen LogP) is 3.86. The normalized spacial score (nSPS) is 10.1. The van der Waals surface area contributed by atoms with Gasteiger partial charge in [-0.25, -0.2) is 8.42 Å². The molecule has 0 atom stereocenters. The van der Waals surface area contributed by atoms with Crippen LogP contribution in [0.4, 0.5) is 5.69 Å². The van der Waals surface area contributed by atoms with Crippen LogP contribution in [0.25, 0.3) is 0 Å². The number of hydrogen-bond donors (Lipinski definition) is 1. The van der Waals surface area contributed by atoms with Crippen LogP contribution in [-0.4, -0.2) is 14.7 Å². The van der Waals surface area contributed by atoms with Gasteiger partial charge in [-0.05, 0) is 36.4 Å². The standard InChI is InChI=1S/C23H17NO2S/c1-27(25,26)24-23-14-8-7-13-22(23)18-17-21-12-6-5-11-20(21)16-15-19-9-3-2-4-10-19/h2-14,24H,1H3. The first-order chi connectivity index (χ1) is 13.0. The Balaban J connectivity index is 1.95. The number of hydrogen-bond acceptors (Lipinski definition) is 2. The van der Waals surface area contributed by atoms with Crippen molar-refractivity contribution >= 4 is 15.7 Å². The third-order valence-corrected chi connectivity index (χ3v) is 4.19. The van der Waals surface area contributed by atoms with Gasteiger partial charge in [-0.3, -0.25) is 4.72 Å². The molecular weight excluding hydrogens is 354 g/mol. The lowest BCUT2D eigenvalue weighted by atomic mass is 10.1. The second kappa shape index (κ2) is 8.27. The molecule has 3 nitrogen and oxygen atoms in total. The molecule has 0 heterocycles. The molecule has 3 rings (SSSR count). The molecule has 3 aromatic rings. The Morgan fingerprint density at radius 1 is 0.630 bits per heavy atom. The Hall–Kier alpha value is -3.47. The number of nitrogens with one attached hydrogen (secondary N) is 1. The van der Waals surface area contributed by atoms with Crippen LogP contribution < -0.4 is 4.72 Å². The summed E-state index contributed by atoms with van der Waals surface area (Å²) in [6.45, 7) is 0. The van der Waals surface area contributed by atoms with Gasteiger partial charge in [0.25, 0.3) is 0 Å². The largest absolute Gasteiger partial charge is 0.283 e. The zero-order valence-electron chi connectivity index (χ0n) is 14.7. The van der Waals surface area contributed by atoms with E-state index in [1.807, 2.05) is 60.7 Å². The predicted molar refractivity (Wildman–Crippen MR) is 110 cm³/mol. The van der Waals surface area contributed by atoms with Gasteiger partial charge in [0.05, 0.1) is 11.9 Å². The van der Waals surface area contributed by atoms with Gasteiger partial charge in [0.2, 0.25) is 10.0 Å². The molecule has 0 fully saturated rings. The Morgan fingerprint density at radius 3 is 1.74 bits per heavy atom. The lowest BCUT2D eigenvalue weighted by Crippen LogP contribution is -2.10. The Labute approximate surface area is 160 Å². The average Bonchev–Trinajstić information content (AvgIpc) is 2.66.